The molecule has 0 fully saturated rings. The number of nitriles is 1. The van der Waals surface area contributed by atoms with Crippen LogP contribution in [0.15, 0.2) is 12.1 Å². The average molecular weight is 196 g/mol. The van der Waals surface area contributed by atoms with Crippen LogP contribution in [0.25, 0.3) is 0 Å². The highest BCUT2D eigenvalue weighted by Crippen LogP contribution is 2.30. The highest BCUT2D eigenvalue weighted by molar-refractivity contribution is 5.52. The molecule has 0 saturated carbocycles. The molecule has 1 rings (SSSR count). The number of methoxy groups -OCH3 is 1. The number of rotatable bonds is 2. The van der Waals surface area contributed by atoms with E-state index in [2.05, 4.69) is 4.74 Å². The van der Waals surface area contributed by atoms with Crippen molar-refractivity contribution in [1.29, 1.82) is 5.26 Å². The first-order chi connectivity index (χ1) is 6.60. The van der Waals surface area contributed by atoms with Gasteiger partial charge in [-0.3, -0.25) is 10.1 Å². The molecule has 72 valence electrons. The summed E-state index contributed by atoms with van der Waals surface area (Å²) in [5, 5.41) is 18.9. The molecule has 0 aliphatic rings. The Hall–Kier alpha value is -2.16. The minimum Gasteiger partial charge on any atom is -0.488 e. The Morgan fingerprint density at radius 2 is 2.29 bits per heavy atom. The summed E-state index contributed by atoms with van der Waals surface area (Å²) in [6.07, 6.45) is 0. The summed E-state index contributed by atoms with van der Waals surface area (Å²) in [7, 11) is 1.12. The molecule has 0 spiro atoms. The van der Waals surface area contributed by atoms with E-state index < -0.39 is 22.2 Å². The fourth-order valence-corrected chi connectivity index (χ4v) is 0.981. The zero-order chi connectivity index (χ0) is 10.7. The Labute approximate surface area is 78.5 Å². The summed E-state index contributed by atoms with van der Waals surface area (Å²) in [5.74, 6) is -1.38. The summed E-state index contributed by atoms with van der Waals surface area (Å²) >= 11 is 0. The normalized spacial score (nSPS) is 9.21. The minimum absolute atomic E-state index is 0.116. The minimum atomic E-state index is -0.918. The van der Waals surface area contributed by atoms with Crippen LogP contribution in [0, 0.1) is 27.3 Å². The Bertz CT molecular complexity index is 425. The predicted octanol–water partition coefficient (Wildman–Crippen LogP) is 1.61. The fraction of sp³-hybridized carbons (Fsp3) is 0.125. The highest BCUT2D eigenvalue weighted by Gasteiger charge is 2.20. The molecule has 0 N–H and O–H groups in total. The molecule has 0 heterocycles. The summed E-state index contributed by atoms with van der Waals surface area (Å²) in [6, 6.07) is 3.46. The van der Waals surface area contributed by atoms with Crippen LogP contribution in [0.3, 0.4) is 0 Å². The van der Waals surface area contributed by atoms with Crippen LogP contribution in [-0.4, -0.2) is 12.0 Å². The van der Waals surface area contributed by atoms with E-state index in [0.717, 1.165) is 19.2 Å². The maximum atomic E-state index is 13.1. The largest absolute Gasteiger partial charge is 0.488 e. The number of nitrogens with zero attached hydrogens (tertiary/aromatic N) is 2. The average Bonchev–Trinajstić information content (AvgIpc) is 2.16. The Kier molecular flexibility index (Phi) is 2.62. The number of nitro groups is 1. The second kappa shape index (κ2) is 3.70. The lowest BCUT2D eigenvalue weighted by atomic mass is 10.2. The first-order valence-corrected chi connectivity index (χ1v) is 3.52. The van der Waals surface area contributed by atoms with Gasteiger partial charge >= 0.3 is 5.69 Å². The lowest BCUT2D eigenvalue weighted by Gasteiger charge is -2.02. The van der Waals surface area contributed by atoms with Crippen molar-refractivity contribution in [2.75, 3.05) is 7.11 Å². The fourth-order valence-electron chi connectivity index (χ4n) is 0.981. The summed E-state index contributed by atoms with van der Waals surface area (Å²) in [6.45, 7) is 0. The third-order valence-electron chi connectivity index (χ3n) is 1.55. The second-order valence-corrected chi connectivity index (χ2v) is 2.38. The molecular formula is C8H5FN2O3. The lowest BCUT2D eigenvalue weighted by molar-refractivity contribution is -0.386. The monoisotopic (exact) mass is 196 g/mol. The van der Waals surface area contributed by atoms with Gasteiger partial charge in [-0.1, -0.05) is 0 Å². The maximum Gasteiger partial charge on any atom is 0.315 e. The van der Waals surface area contributed by atoms with Gasteiger partial charge in [0.15, 0.2) is 5.82 Å². The van der Waals surface area contributed by atoms with Crippen molar-refractivity contribution >= 4 is 5.69 Å². The van der Waals surface area contributed by atoms with Crippen molar-refractivity contribution in [2.45, 2.75) is 0 Å². The molecule has 1 aromatic rings. The van der Waals surface area contributed by atoms with Crippen LogP contribution < -0.4 is 4.74 Å². The van der Waals surface area contributed by atoms with E-state index in [4.69, 9.17) is 5.26 Å². The second-order valence-electron chi connectivity index (χ2n) is 2.38. The number of nitro benzene ring substituents is 1. The van der Waals surface area contributed by atoms with Crippen LogP contribution in [0.2, 0.25) is 0 Å². The van der Waals surface area contributed by atoms with E-state index in [1.165, 1.54) is 0 Å². The molecule has 0 saturated heterocycles. The van der Waals surface area contributed by atoms with E-state index in [-0.39, 0.29) is 5.56 Å². The van der Waals surface area contributed by atoms with E-state index in [1.807, 2.05) is 0 Å². The maximum absolute atomic E-state index is 13.1. The third kappa shape index (κ3) is 1.61. The topological polar surface area (TPSA) is 76.2 Å². The molecule has 0 aliphatic heterocycles. The molecule has 0 atom stereocenters. The van der Waals surface area contributed by atoms with Gasteiger partial charge in [0, 0.05) is 6.07 Å². The Balaban J connectivity index is 3.45. The highest BCUT2D eigenvalue weighted by atomic mass is 19.1. The predicted molar refractivity (Wildman–Crippen MR) is 44.3 cm³/mol. The molecule has 0 radical (unpaired) electrons. The lowest BCUT2D eigenvalue weighted by Crippen LogP contribution is -1.97. The number of halogens is 1. The molecule has 0 bridgehead atoms. The molecule has 0 unspecified atom stereocenters. The zero-order valence-corrected chi connectivity index (χ0v) is 7.15. The standard InChI is InChI=1S/C8H5FN2O3/c1-14-8-6(9)2-5(4-10)3-7(8)11(12)13/h2-3H,1H3. The number of ether oxygens (including phenoxy) is 1. The van der Waals surface area contributed by atoms with Gasteiger partial charge in [0.1, 0.15) is 0 Å². The van der Waals surface area contributed by atoms with Crippen LogP contribution in [0.1, 0.15) is 5.56 Å². The molecule has 1 aromatic carbocycles. The van der Waals surface area contributed by atoms with Gasteiger partial charge in [0.2, 0.25) is 5.75 Å². The van der Waals surface area contributed by atoms with Crippen molar-refractivity contribution in [3.05, 3.63) is 33.6 Å². The van der Waals surface area contributed by atoms with Gasteiger partial charge < -0.3 is 4.74 Å². The van der Waals surface area contributed by atoms with Crippen LogP contribution in [0.5, 0.6) is 5.75 Å². The van der Waals surface area contributed by atoms with Crippen molar-refractivity contribution < 1.29 is 14.1 Å². The van der Waals surface area contributed by atoms with E-state index in [0.29, 0.717) is 0 Å². The van der Waals surface area contributed by atoms with E-state index in [9.17, 15) is 14.5 Å². The molecule has 0 aromatic heterocycles. The van der Waals surface area contributed by atoms with Crippen molar-refractivity contribution in [2.24, 2.45) is 0 Å². The molecule has 5 nitrogen and oxygen atoms in total. The van der Waals surface area contributed by atoms with E-state index in [1.54, 1.807) is 6.07 Å². The zero-order valence-electron chi connectivity index (χ0n) is 7.15. The number of benzene rings is 1. The molecule has 6 heteroatoms. The van der Waals surface area contributed by atoms with Crippen molar-refractivity contribution in [3.63, 3.8) is 0 Å². The van der Waals surface area contributed by atoms with Gasteiger partial charge in [-0.15, -0.1) is 0 Å². The smallest absolute Gasteiger partial charge is 0.315 e. The first kappa shape index (κ1) is 9.92. The summed E-state index contributed by atoms with van der Waals surface area (Å²) in [4.78, 5) is 9.65. The summed E-state index contributed by atoms with van der Waals surface area (Å²) < 4.78 is 17.6. The first-order valence-electron chi connectivity index (χ1n) is 3.52. The molecule has 14 heavy (non-hydrogen) atoms. The van der Waals surface area contributed by atoms with Gasteiger partial charge in [0.25, 0.3) is 0 Å². The summed E-state index contributed by atoms with van der Waals surface area (Å²) in [5.41, 5.74) is -0.668. The number of hydrogen-bond donors (Lipinski definition) is 0. The van der Waals surface area contributed by atoms with Crippen LogP contribution in [0.4, 0.5) is 10.1 Å². The SMILES string of the molecule is COc1c(F)cc(C#N)cc1[N+](=O)[O-]. The van der Waals surface area contributed by atoms with Gasteiger partial charge in [-0.2, -0.15) is 5.26 Å². The van der Waals surface area contributed by atoms with Crippen molar-refractivity contribution in [1.82, 2.24) is 0 Å². The van der Waals surface area contributed by atoms with Crippen LogP contribution >= 0.6 is 0 Å². The van der Waals surface area contributed by atoms with Crippen molar-refractivity contribution in [3.8, 4) is 11.8 Å². The quantitative estimate of drug-likeness (QED) is 0.531. The van der Waals surface area contributed by atoms with Gasteiger partial charge in [-0.05, 0) is 6.07 Å². The number of hydrogen-bond acceptors (Lipinski definition) is 4. The Morgan fingerprint density at radius 3 is 2.71 bits per heavy atom. The van der Waals surface area contributed by atoms with E-state index >= 15 is 0 Å². The van der Waals surface area contributed by atoms with Gasteiger partial charge in [0.05, 0.1) is 23.7 Å². The Morgan fingerprint density at radius 1 is 1.64 bits per heavy atom. The third-order valence-corrected chi connectivity index (χ3v) is 1.55. The molecule has 0 aliphatic carbocycles. The van der Waals surface area contributed by atoms with Gasteiger partial charge in [-0.25, -0.2) is 4.39 Å². The molecule has 0 amide bonds. The van der Waals surface area contributed by atoms with Crippen LogP contribution in [-0.2, 0) is 0 Å². The molecular weight excluding hydrogens is 191 g/mol.